The second-order valence-corrected chi connectivity index (χ2v) is 2.79. The van der Waals surface area contributed by atoms with Crippen LogP contribution in [-0.2, 0) is 6.42 Å². The predicted octanol–water partition coefficient (Wildman–Crippen LogP) is 2.88. The summed E-state index contributed by atoms with van der Waals surface area (Å²) in [5.41, 5.74) is 0.275. The van der Waals surface area contributed by atoms with Crippen LogP contribution < -0.4 is 4.74 Å². The van der Waals surface area contributed by atoms with Crippen molar-refractivity contribution in [2.75, 3.05) is 0 Å². The Kier molecular flexibility index (Phi) is 3.98. The molecule has 0 heterocycles. The van der Waals surface area contributed by atoms with Gasteiger partial charge in [-0.1, -0.05) is 0 Å². The SMILES string of the molecule is N#CCCc1cc(F)ccc1OC(F)F. The molecule has 0 spiro atoms. The molecule has 0 amide bonds. The molecule has 0 fully saturated rings. The number of hydrogen-bond donors (Lipinski definition) is 0. The molecule has 0 saturated carbocycles. The van der Waals surface area contributed by atoms with Gasteiger partial charge in [0.1, 0.15) is 11.6 Å². The summed E-state index contributed by atoms with van der Waals surface area (Å²) in [5.74, 6) is -0.619. The Morgan fingerprint density at radius 3 is 2.73 bits per heavy atom. The number of ether oxygens (including phenoxy) is 1. The average Bonchev–Trinajstić information content (AvgIpc) is 2.18. The van der Waals surface area contributed by atoms with Crippen molar-refractivity contribution >= 4 is 0 Å². The second-order valence-electron chi connectivity index (χ2n) is 2.79. The van der Waals surface area contributed by atoms with Crippen LogP contribution in [0.25, 0.3) is 0 Å². The molecular weight excluding hydrogens is 207 g/mol. The minimum Gasteiger partial charge on any atom is -0.435 e. The zero-order valence-corrected chi connectivity index (χ0v) is 7.71. The molecule has 5 heteroatoms. The Hall–Kier alpha value is -1.70. The van der Waals surface area contributed by atoms with Crippen LogP contribution in [0.2, 0.25) is 0 Å². The van der Waals surface area contributed by atoms with Crippen LogP contribution in [0.4, 0.5) is 13.2 Å². The maximum absolute atomic E-state index is 12.8. The zero-order chi connectivity index (χ0) is 11.3. The lowest BCUT2D eigenvalue weighted by Gasteiger charge is -2.09. The topological polar surface area (TPSA) is 33.0 Å². The number of alkyl halides is 2. The molecule has 0 aliphatic carbocycles. The molecule has 0 saturated heterocycles. The molecule has 0 N–H and O–H groups in total. The van der Waals surface area contributed by atoms with Gasteiger partial charge in [-0.2, -0.15) is 14.0 Å². The highest BCUT2D eigenvalue weighted by atomic mass is 19.3. The first kappa shape index (κ1) is 11.4. The fraction of sp³-hybridized carbons (Fsp3) is 0.300. The van der Waals surface area contributed by atoms with Crippen LogP contribution in [0.1, 0.15) is 12.0 Å². The summed E-state index contributed by atoms with van der Waals surface area (Å²) < 4.78 is 40.9. The van der Waals surface area contributed by atoms with Crippen molar-refractivity contribution in [3.8, 4) is 11.8 Å². The molecule has 0 radical (unpaired) electrons. The molecule has 2 nitrogen and oxygen atoms in total. The third-order valence-electron chi connectivity index (χ3n) is 1.74. The van der Waals surface area contributed by atoms with E-state index in [-0.39, 0.29) is 24.2 Å². The highest BCUT2D eigenvalue weighted by molar-refractivity contribution is 5.34. The molecular formula is C10H8F3NO. The van der Waals surface area contributed by atoms with Gasteiger partial charge in [-0.3, -0.25) is 0 Å². The average molecular weight is 215 g/mol. The van der Waals surface area contributed by atoms with Gasteiger partial charge in [0.15, 0.2) is 0 Å². The van der Waals surface area contributed by atoms with E-state index in [4.69, 9.17) is 5.26 Å². The van der Waals surface area contributed by atoms with E-state index in [1.807, 2.05) is 6.07 Å². The van der Waals surface area contributed by atoms with Crippen molar-refractivity contribution in [1.29, 1.82) is 5.26 Å². The summed E-state index contributed by atoms with van der Waals surface area (Å²) in [6, 6.07) is 5.11. The summed E-state index contributed by atoms with van der Waals surface area (Å²) >= 11 is 0. The van der Waals surface area contributed by atoms with Crippen molar-refractivity contribution in [3.63, 3.8) is 0 Å². The van der Waals surface area contributed by atoms with Crippen molar-refractivity contribution < 1.29 is 17.9 Å². The Balaban J connectivity index is 2.88. The van der Waals surface area contributed by atoms with Gasteiger partial charge in [0, 0.05) is 6.42 Å². The van der Waals surface area contributed by atoms with E-state index in [1.165, 1.54) is 0 Å². The van der Waals surface area contributed by atoms with E-state index in [0.29, 0.717) is 0 Å². The smallest absolute Gasteiger partial charge is 0.387 e. The second kappa shape index (κ2) is 5.25. The van der Waals surface area contributed by atoms with Crippen molar-refractivity contribution in [1.82, 2.24) is 0 Å². The van der Waals surface area contributed by atoms with Crippen LogP contribution >= 0.6 is 0 Å². The standard InChI is InChI=1S/C10H8F3NO/c11-8-3-4-9(15-10(12)13)7(6-8)2-1-5-14/h3-4,6,10H,1-2H2. The molecule has 0 bridgehead atoms. The summed E-state index contributed by atoms with van der Waals surface area (Å²) in [6.07, 6.45) is 0.319. The van der Waals surface area contributed by atoms with Gasteiger partial charge in [-0.05, 0) is 30.2 Å². The molecule has 80 valence electrons. The number of benzene rings is 1. The summed E-state index contributed by atoms with van der Waals surface area (Å²) in [4.78, 5) is 0. The lowest BCUT2D eigenvalue weighted by atomic mass is 10.1. The lowest BCUT2D eigenvalue weighted by Crippen LogP contribution is -2.04. The van der Waals surface area contributed by atoms with Crippen LogP contribution in [0.15, 0.2) is 18.2 Å². The number of aryl methyl sites for hydroxylation is 1. The molecule has 0 aliphatic rings. The maximum Gasteiger partial charge on any atom is 0.387 e. The predicted molar refractivity (Wildman–Crippen MR) is 47.0 cm³/mol. The number of hydrogen-bond acceptors (Lipinski definition) is 2. The first-order valence-electron chi connectivity index (χ1n) is 4.23. The molecule has 0 aliphatic heterocycles. The number of nitriles is 1. The monoisotopic (exact) mass is 215 g/mol. The van der Waals surface area contributed by atoms with E-state index in [0.717, 1.165) is 18.2 Å². The zero-order valence-electron chi connectivity index (χ0n) is 7.71. The van der Waals surface area contributed by atoms with Gasteiger partial charge >= 0.3 is 6.61 Å². The fourth-order valence-corrected chi connectivity index (χ4v) is 1.14. The Labute approximate surface area is 84.9 Å². The number of rotatable bonds is 4. The Bertz CT molecular complexity index is 373. The first-order chi connectivity index (χ1) is 7.13. The Morgan fingerprint density at radius 1 is 1.40 bits per heavy atom. The molecule has 15 heavy (non-hydrogen) atoms. The van der Waals surface area contributed by atoms with Crippen LogP contribution in [0.3, 0.4) is 0 Å². The summed E-state index contributed by atoms with van der Waals surface area (Å²) in [6.45, 7) is -2.95. The van der Waals surface area contributed by atoms with E-state index >= 15 is 0 Å². The number of nitrogens with zero attached hydrogens (tertiary/aromatic N) is 1. The molecule has 0 unspecified atom stereocenters. The first-order valence-corrected chi connectivity index (χ1v) is 4.23. The van der Waals surface area contributed by atoms with Gasteiger partial charge < -0.3 is 4.74 Å². The minimum absolute atomic E-state index is 0.0818. The lowest BCUT2D eigenvalue weighted by molar-refractivity contribution is -0.0504. The van der Waals surface area contributed by atoms with Crippen LogP contribution in [-0.4, -0.2) is 6.61 Å². The normalized spacial score (nSPS) is 10.1. The summed E-state index contributed by atoms with van der Waals surface area (Å²) in [5, 5.41) is 8.34. The van der Waals surface area contributed by atoms with Crippen LogP contribution in [0, 0.1) is 17.1 Å². The largest absolute Gasteiger partial charge is 0.435 e. The molecule has 1 aromatic carbocycles. The Morgan fingerprint density at radius 2 is 2.13 bits per heavy atom. The van der Waals surface area contributed by atoms with Gasteiger partial charge in [0.2, 0.25) is 0 Å². The third-order valence-corrected chi connectivity index (χ3v) is 1.74. The third kappa shape index (κ3) is 3.50. The highest BCUT2D eigenvalue weighted by Crippen LogP contribution is 2.22. The minimum atomic E-state index is -2.95. The molecule has 1 rings (SSSR count). The molecule has 0 atom stereocenters. The van der Waals surface area contributed by atoms with Gasteiger partial charge in [-0.25, -0.2) is 4.39 Å². The van der Waals surface area contributed by atoms with Gasteiger partial charge in [0.25, 0.3) is 0 Å². The van der Waals surface area contributed by atoms with E-state index in [1.54, 1.807) is 0 Å². The van der Waals surface area contributed by atoms with Gasteiger partial charge in [-0.15, -0.1) is 0 Å². The van der Waals surface area contributed by atoms with Crippen molar-refractivity contribution in [3.05, 3.63) is 29.6 Å². The summed E-state index contributed by atoms with van der Waals surface area (Å²) in [7, 11) is 0. The maximum atomic E-state index is 12.8. The van der Waals surface area contributed by atoms with E-state index in [9.17, 15) is 13.2 Å². The fourth-order valence-electron chi connectivity index (χ4n) is 1.14. The van der Waals surface area contributed by atoms with Crippen molar-refractivity contribution in [2.45, 2.75) is 19.5 Å². The van der Waals surface area contributed by atoms with E-state index < -0.39 is 12.4 Å². The van der Waals surface area contributed by atoms with E-state index in [2.05, 4.69) is 4.74 Å². The number of halogens is 3. The van der Waals surface area contributed by atoms with Crippen LogP contribution in [0.5, 0.6) is 5.75 Å². The quantitative estimate of drug-likeness (QED) is 0.773. The molecule has 1 aromatic rings. The molecule has 0 aromatic heterocycles. The highest BCUT2D eigenvalue weighted by Gasteiger charge is 2.10. The van der Waals surface area contributed by atoms with Crippen molar-refractivity contribution in [2.24, 2.45) is 0 Å². The van der Waals surface area contributed by atoms with Gasteiger partial charge in [0.05, 0.1) is 6.07 Å².